The smallest absolute Gasteiger partial charge is 0.309 e. The van der Waals surface area contributed by atoms with Crippen LogP contribution in [0.4, 0.5) is 0 Å². The van der Waals surface area contributed by atoms with Gasteiger partial charge in [0.1, 0.15) is 6.23 Å². The van der Waals surface area contributed by atoms with Crippen LogP contribution in [0.1, 0.15) is 12.0 Å². The fourth-order valence-corrected chi connectivity index (χ4v) is 4.67. The molecule has 1 heterocycles. The number of hydrogen-bond donors (Lipinski definition) is 2. The summed E-state index contributed by atoms with van der Waals surface area (Å²) in [7, 11) is -3.78. The van der Waals surface area contributed by atoms with E-state index in [1.165, 1.54) is 16.4 Å². The van der Waals surface area contributed by atoms with E-state index in [0.29, 0.717) is 18.1 Å². The summed E-state index contributed by atoms with van der Waals surface area (Å²) >= 11 is 5.81. The molecule has 1 aliphatic heterocycles. The third kappa shape index (κ3) is 5.57. The van der Waals surface area contributed by atoms with Gasteiger partial charge in [-0.3, -0.25) is 9.59 Å². The molecule has 160 valence electrons. The molecule has 1 saturated heterocycles. The molecule has 1 aliphatic rings. The van der Waals surface area contributed by atoms with Gasteiger partial charge >= 0.3 is 11.8 Å². The summed E-state index contributed by atoms with van der Waals surface area (Å²) in [4.78, 5) is 24.3. The minimum atomic E-state index is -3.78. The SMILES string of the molecule is O=C(NCc1ccc(Cl)cc1)C(=O)NC[C@H]1OCCCN1S(=O)(=O)c1ccccc1. The predicted molar refractivity (Wildman–Crippen MR) is 111 cm³/mol. The first kappa shape index (κ1) is 22.2. The Bertz CT molecular complexity index is 983. The van der Waals surface area contributed by atoms with Crippen LogP contribution in [0.25, 0.3) is 0 Å². The van der Waals surface area contributed by atoms with Crippen molar-refractivity contribution < 1.29 is 22.7 Å². The molecular weight excluding hydrogens is 430 g/mol. The van der Waals surface area contributed by atoms with Gasteiger partial charge in [0.25, 0.3) is 0 Å². The Morgan fingerprint density at radius 1 is 1.03 bits per heavy atom. The summed E-state index contributed by atoms with van der Waals surface area (Å²) in [6.07, 6.45) is -0.352. The number of halogens is 1. The lowest BCUT2D eigenvalue weighted by Crippen LogP contribution is -2.53. The van der Waals surface area contributed by atoms with E-state index in [0.717, 1.165) is 5.56 Å². The number of carbonyl (C=O) groups excluding carboxylic acids is 2. The van der Waals surface area contributed by atoms with Gasteiger partial charge in [-0.25, -0.2) is 8.42 Å². The molecular formula is C20H22ClN3O5S. The molecule has 1 atom stereocenters. The molecule has 2 amide bonds. The Labute approximate surface area is 180 Å². The Balaban J connectivity index is 1.56. The van der Waals surface area contributed by atoms with Crippen molar-refractivity contribution in [1.82, 2.24) is 14.9 Å². The third-order valence-electron chi connectivity index (χ3n) is 4.51. The molecule has 0 radical (unpaired) electrons. The van der Waals surface area contributed by atoms with Crippen LogP contribution < -0.4 is 10.6 Å². The van der Waals surface area contributed by atoms with Gasteiger partial charge in [-0.15, -0.1) is 0 Å². The first-order chi connectivity index (χ1) is 14.4. The minimum Gasteiger partial charge on any atom is -0.360 e. The third-order valence-corrected chi connectivity index (χ3v) is 6.67. The first-order valence-electron chi connectivity index (χ1n) is 9.37. The molecule has 2 N–H and O–H groups in total. The largest absolute Gasteiger partial charge is 0.360 e. The van der Waals surface area contributed by atoms with Crippen molar-refractivity contribution in [3.63, 3.8) is 0 Å². The number of hydrogen-bond acceptors (Lipinski definition) is 5. The van der Waals surface area contributed by atoms with Crippen molar-refractivity contribution >= 4 is 33.4 Å². The van der Waals surface area contributed by atoms with E-state index < -0.39 is 28.1 Å². The number of nitrogens with zero attached hydrogens (tertiary/aromatic N) is 1. The van der Waals surface area contributed by atoms with Crippen LogP contribution in [0, 0.1) is 0 Å². The molecule has 0 aromatic heterocycles. The molecule has 1 fully saturated rings. The monoisotopic (exact) mass is 451 g/mol. The maximum Gasteiger partial charge on any atom is 0.309 e. The Kier molecular flexibility index (Phi) is 7.43. The Morgan fingerprint density at radius 3 is 2.40 bits per heavy atom. The van der Waals surface area contributed by atoms with Crippen molar-refractivity contribution in [1.29, 1.82) is 0 Å². The normalized spacial score (nSPS) is 17.3. The average molecular weight is 452 g/mol. The lowest BCUT2D eigenvalue weighted by molar-refractivity contribution is -0.140. The first-order valence-corrected chi connectivity index (χ1v) is 11.2. The van der Waals surface area contributed by atoms with E-state index in [-0.39, 0.29) is 24.5 Å². The van der Waals surface area contributed by atoms with Gasteiger partial charge in [-0.05, 0) is 36.2 Å². The van der Waals surface area contributed by atoms with Gasteiger partial charge in [-0.1, -0.05) is 41.9 Å². The molecule has 3 rings (SSSR count). The maximum atomic E-state index is 12.9. The zero-order chi connectivity index (χ0) is 21.6. The number of amides is 2. The highest BCUT2D eigenvalue weighted by atomic mass is 35.5. The summed E-state index contributed by atoms with van der Waals surface area (Å²) in [5.74, 6) is -1.69. The Morgan fingerprint density at radius 2 is 1.70 bits per heavy atom. The lowest BCUT2D eigenvalue weighted by Gasteiger charge is -2.34. The zero-order valence-electron chi connectivity index (χ0n) is 16.1. The van der Waals surface area contributed by atoms with Crippen molar-refractivity contribution in [2.45, 2.75) is 24.1 Å². The maximum absolute atomic E-state index is 12.9. The van der Waals surface area contributed by atoms with E-state index in [1.54, 1.807) is 42.5 Å². The predicted octanol–water partition coefficient (Wildman–Crippen LogP) is 1.51. The minimum absolute atomic E-state index is 0.140. The van der Waals surface area contributed by atoms with E-state index in [1.807, 2.05) is 0 Å². The highest BCUT2D eigenvalue weighted by Gasteiger charge is 2.34. The van der Waals surface area contributed by atoms with Crippen molar-refractivity contribution in [3.8, 4) is 0 Å². The van der Waals surface area contributed by atoms with Crippen LogP contribution >= 0.6 is 11.6 Å². The summed E-state index contributed by atoms with van der Waals surface area (Å²) < 4.78 is 32.6. The van der Waals surface area contributed by atoms with Gasteiger partial charge in [0, 0.05) is 18.1 Å². The zero-order valence-corrected chi connectivity index (χ0v) is 17.7. The van der Waals surface area contributed by atoms with Gasteiger partial charge < -0.3 is 15.4 Å². The molecule has 30 heavy (non-hydrogen) atoms. The van der Waals surface area contributed by atoms with E-state index in [9.17, 15) is 18.0 Å². The van der Waals surface area contributed by atoms with Crippen LogP contribution in [0.2, 0.25) is 5.02 Å². The molecule has 2 aromatic carbocycles. The number of rotatable bonds is 6. The summed E-state index contributed by atoms with van der Waals surface area (Å²) in [6.45, 7) is 0.655. The lowest BCUT2D eigenvalue weighted by atomic mass is 10.2. The standard InChI is InChI=1S/C20H22ClN3O5S/c21-16-9-7-15(8-10-16)13-22-19(25)20(26)23-14-18-24(11-4-12-29-18)30(27,28)17-5-2-1-3-6-17/h1-3,5-10,18H,4,11-14H2,(H,22,25)(H,23,26)/t18-/m1/s1. The molecule has 0 aliphatic carbocycles. The van der Waals surface area contributed by atoms with Gasteiger partial charge in [0.2, 0.25) is 10.0 Å². The molecule has 0 saturated carbocycles. The molecule has 8 nitrogen and oxygen atoms in total. The fourth-order valence-electron chi connectivity index (χ4n) is 2.96. The second-order valence-corrected chi connectivity index (χ2v) is 8.95. The number of benzene rings is 2. The van der Waals surface area contributed by atoms with Crippen LogP contribution in [0.5, 0.6) is 0 Å². The van der Waals surface area contributed by atoms with Crippen LogP contribution in [0.3, 0.4) is 0 Å². The topological polar surface area (TPSA) is 105 Å². The molecule has 2 aromatic rings. The quantitative estimate of drug-likeness (QED) is 0.648. The average Bonchev–Trinajstić information content (AvgIpc) is 2.77. The molecule has 10 heteroatoms. The van der Waals surface area contributed by atoms with Crippen molar-refractivity contribution in [2.75, 3.05) is 19.7 Å². The number of ether oxygens (including phenoxy) is 1. The second-order valence-electron chi connectivity index (χ2n) is 6.63. The van der Waals surface area contributed by atoms with E-state index in [2.05, 4.69) is 10.6 Å². The highest BCUT2D eigenvalue weighted by molar-refractivity contribution is 7.89. The fraction of sp³-hybridized carbons (Fsp3) is 0.300. The summed E-state index contributed by atoms with van der Waals surface area (Å²) in [5.41, 5.74) is 0.788. The summed E-state index contributed by atoms with van der Waals surface area (Å²) in [5, 5.41) is 5.53. The summed E-state index contributed by atoms with van der Waals surface area (Å²) in [6, 6.07) is 14.9. The number of sulfonamides is 1. The number of nitrogens with one attached hydrogen (secondary N) is 2. The second kappa shape index (κ2) is 10.0. The Hall–Kier alpha value is -2.46. The van der Waals surface area contributed by atoms with Gasteiger partial charge in [0.05, 0.1) is 18.0 Å². The van der Waals surface area contributed by atoms with Crippen LogP contribution in [-0.2, 0) is 30.9 Å². The molecule has 0 unspecified atom stereocenters. The van der Waals surface area contributed by atoms with Gasteiger partial charge in [-0.2, -0.15) is 4.31 Å². The van der Waals surface area contributed by atoms with Crippen LogP contribution in [0.15, 0.2) is 59.5 Å². The van der Waals surface area contributed by atoms with Gasteiger partial charge in [0.15, 0.2) is 0 Å². The van der Waals surface area contributed by atoms with E-state index >= 15 is 0 Å². The van der Waals surface area contributed by atoms with E-state index in [4.69, 9.17) is 16.3 Å². The highest BCUT2D eigenvalue weighted by Crippen LogP contribution is 2.21. The van der Waals surface area contributed by atoms with Crippen molar-refractivity contribution in [2.24, 2.45) is 0 Å². The molecule has 0 bridgehead atoms. The number of carbonyl (C=O) groups is 2. The van der Waals surface area contributed by atoms with Crippen molar-refractivity contribution in [3.05, 3.63) is 65.2 Å². The molecule has 0 spiro atoms. The van der Waals surface area contributed by atoms with Crippen LogP contribution in [-0.4, -0.2) is 50.5 Å².